The number of aliphatic hydroxyl groups excluding tert-OH is 1. The number of hydrogen-bond acceptors (Lipinski definition) is 4. The molecule has 0 radical (unpaired) electrons. The standard InChI is InChI=1S/C21H32N2O3/c1-17-4-6-18(7-5-17)21(16-20(21,2)3)19(25)23-10-8-22(9-11-23)12-14-26-15-13-24/h4-7,24H,8-16H2,1-3H3/t21-/m1/s1. The van der Waals surface area contributed by atoms with Crippen LogP contribution in [0, 0.1) is 12.3 Å². The number of hydrogen-bond donors (Lipinski definition) is 1. The summed E-state index contributed by atoms with van der Waals surface area (Å²) in [6, 6.07) is 8.50. The number of carbonyl (C=O) groups is 1. The van der Waals surface area contributed by atoms with Crippen LogP contribution in [0.1, 0.15) is 31.4 Å². The van der Waals surface area contributed by atoms with E-state index in [0.717, 1.165) is 44.7 Å². The number of rotatable bonds is 7. The van der Waals surface area contributed by atoms with Gasteiger partial charge in [-0.3, -0.25) is 9.69 Å². The third-order valence-electron chi connectivity index (χ3n) is 6.09. The lowest BCUT2D eigenvalue weighted by atomic mass is 9.86. The molecule has 1 N–H and O–H groups in total. The van der Waals surface area contributed by atoms with Crippen LogP contribution in [0.25, 0.3) is 0 Å². The molecule has 2 aliphatic rings. The van der Waals surface area contributed by atoms with Gasteiger partial charge in [-0.1, -0.05) is 43.7 Å². The maximum Gasteiger partial charge on any atom is 0.233 e. The molecule has 1 saturated heterocycles. The number of ether oxygens (including phenoxy) is 1. The minimum atomic E-state index is -0.354. The Kier molecular flexibility index (Phi) is 5.70. The van der Waals surface area contributed by atoms with Crippen LogP contribution in [-0.2, 0) is 14.9 Å². The highest BCUT2D eigenvalue weighted by atomic mass is 16.5. The van der Waals surface area contributed by atoms with Crippen molar-refractivity contribution in [2.75, 3.05) is 52.5 Å². The molecule has 0 spiro atoms. The molecule has 1 saturated carbocycles. The topological polar surface area (TPSA) is 53.0 Å². The van der Waals surface area contributed by atoms with Gasteiger partial charge >= 0.3 is 0 Å². The number of carbonyl (C=O) groups excluding carboxylic acids is 1. The van der Waals surface area contributed by atoms with Crippen LogP contribution < -0.4 is 0 Å². The summed E-state index contributed by atoms with van der Waals surface area (Å²) < 4.78 is 5.35. The lowest BCUT2D eigenvalue weighted by Crippen LogP contribution is -2.52. The first-order valence-electron chi connectivity index (χ1n) is 9.68. The molecule has 1 heterocycles. The van der Waals surface area contributed by atoms with E-state index in [1.807, 2.05) is 0 Å². The third-order valence-corrected chi connectivity index (χ3v) is 6.09. The third kappa shape index (κ3) is 3.66. The van der Waals surface area contributed by atoms with Gasteiger partial charge in [0.05, 0.1) is 25.2 Å². The van der Waals surface area contributed by atoms with Crippen molar-refractivity contribution in [3.8, 4) is 0 Å². The highest BCUT2D eigenvalue weighted by Crippen LogP contribution is 2.65. The van der Waals surface area contributed by atoms with Crippen molar-refractivity contribution >= 4 is 5.91 Å². The molecular formula is C21H32N2O3. The maximum absolute atomic E-state index is 13.4. The SMILES string of the molecule is Cc1ccc([C@@]2(C(=O)N3CCN(CCOCCO)CC3)CC2(C)C)cc1. The van der Waals surface area contributed by atoms with Crippen LogP contribution in [0.15, 0.2) is 24.3 Å². The molecule has 3 rings (SSSR count). The molecule has 1 aromatic carbocycles. The Labute approximate surface area is 156 Å². The Morgan fingerprint density at radius 1 is 1.12 bits per heavy atom. The largest absolute Gasteiger partial charge is 0.394 e. The van der Waals surface area contributed by atoms with Gasteiger partial charge in [-0.25, -0.2) is 0 Å². The molecule has 0 aromatic heterocycles. The summed E-state index contributed by atoms with van der Waals surface area (Å²) in [4.78, 5) is 17.8. The van der Waals surface area contributed by atoms with Crippen LogP contribution in [0.2, 0.25) is 0 Å². The summed E-state index contributed by atoms with van der Waals surface area (Å²) >= 11 is 0. The predicted octanol–water partition coefficient (Wildman–Crippen LogP) is 1.82. The Hall–Kier alpha value is -1.43. The van der Waals surface area contributed by atoms with E-state index in [1.165, 1.54) is 5.56 Å². The van der Waals surface area contributed by atoms with E-state index in [4.69, 9.17) is 9.84 Å². The predicted molar refractivity (Wildman–Crippen MR) is 102 cm³/mol. The average Bonchev–Trinajstić information content (AvgIpc) is 3.23. The highest BCUT2D eigenvalue weighted by molar-refractivity contribution is 5.93. The number of aliphatic hydroxyl groups is 1. The minimum Gasteiger partial charge on any atom is -0.394 e. The summed E-state index contributed by atoms with van der Waals surface area (Å²) in [5.74, 6) is 0.294. The Morgan fingerprint density at radius 2 is 1.73 bits per heavy atom. The van der Waals surface area contributed by atoms with Gasteiger partial charge in [0.2, 0.25) is 5.91 Å². The monoisotopic (exact) mass is 360 g/mol. The second-order valence-corrected chi connectivity index (χ2v) is 8.30. The van der Waals surface area contributed by atoms with E-state index in [-0.39, 0.29) is 17.4 Å². The maximum atomic E-state index is 13.4. The van der Waals surface area contributed by atoms with Crippen LogP contribution >= 0.6 is 0 Å². The van der Waals surface area contributed by atoms with Crippen molar-refractivity contribution in [3.05, 3.63) is 35.4 Å². The summed E-state index contributed by atoms with van der Waals surface area (Å²) in [5.41, 5.74) is 2.06. The zero-order valence-corrected chi connectivity index (χ0v) is 16.3. The second-order valence-electron chi connectivity index (χ2n) is 8.30. The van der Waals surface area contributed by atoms with E-state index in [1.54, 1.807) is 0 Å². The average molecular weight is 360 g/mol. The Morgan fingerprint density at radius 3 is 2.27 bits per heavy atom. The van der Waals surface area contributed by atoms with Crippen molar-refractivity contribution in [1.82, 2.24) is 9.80 Å². The molecule has 5 nitrogen and oxygen atoms in total. The van der Waals surface area contributed by atoms with Gasteiger partial charge < -0.3 is 14.7 Å². The normalized spacial score (nSPS) is 25.3. The van der Waals surface area contributed by atoms with Gasteiger partial charge in [-0.2, -0.15) is 0 Å². The zero-order chi connectivity index (χ0) is 18.8. The fourth-order valence-electron chi connectivity index (χ4n) is 4.24. The smallest absolute Gasteiger partial charge is 0.233 e. The highest BCUT2D eigenvalue weighted by Gasteiger charge is 2.67. The first-order valence-corrected chi connectivity index (χ1v) is 9.68. The Balaban J connectivity index is 1.61. The first-order chi connectivity index (χ1) is 12.4. The number of nitrogens with zero attached hydrogens (tertiary/aromatic N) is 2. The fourth-order valence-corrected chi connectivity index (χ4v) is 4.24. The lowest BCUT2D eigenvalue weighted by molar-refractivity contribution is -0.136. The van der Waals surface area contributed by atoms with Gasteiger partial charge in [0, 0.05) is 32.7 Å². The number of piperazine rings is 1. The second kappa shape index (κ2) is 7.67. The molecule has 0 bridgehead atoms. The number of benzene rings is 1. The van der Waals surface area contributed by atoms with Crippen LogP contribution in [0.3, 0.4) is 0 Å². The summed E-state index contributed by atoms with van der Waals surface area (Å²) in [5, 5.41) is 8.75. The van der Waals surface area contributed by atoms with E-state index in [9.17, 15) is 4.79 Å². The molecule has 144 valence electrons. The molecule has 1 amide bonds. The Bertz CT molecular complexity index is 621. The van der Waals surface area contributed by atoms with Crippen LogP contribution in [-0.4, -0.2) is 73.4 Å². The molecule has 2 fully saturated rings. The summed E-state index contributed by atoms with van der Waals surface area (Å²) in [6.45, 7) is 11.8. The van der Waals surface area contributed by atoms with Crippen molar-refractivity contribution in [1.29, 1.82) is 0 Å². The number of aryl methyl sites for hydroxylation is 1. The van der Waals surface area contributed by atoms with Gasteiger partial charge in [0.25, 0.3) is 0 Å². The molecule has 1 aliphatic heterocycles. The van der Waals surface area contributed by atoms with Crippen LogP contribution in [0.4, 0.5) is 0 Å². The molecule has 5 heteroatoms. The summed E-state index contributed by atoms with van der Waals surface area (Å²) in [7, 11) is 0. The van der Waals surface area contributed by atoms with Gasteiger partial charge in [-0.05, 0) is 24.3 Å². The molecule has 1 aliphatic carbocycles. The fraction of sp³-hybridized carbons (Fsp3) is 0.667. The number of amides is 1. The van der Waals surface area contributed by atoms with Crippen molar-refractivity contribution < 1.29 is 14.6 Å². The molecular weight excluding hydrogens is 328 g/mol. The van der Waals surface area contributed by atoms with Crippen molar-refractivity contribution in [2.24, 2.45) is 5.41 Å². The van der Waals surface area contributed by atoms with Gasteiger partial charge in [0.1, 0.15) is 0 Å². The van der Waals surface area contributed by atoms with E-state index in [2.05, 4.69) is 54.8 Å². The summed E-state index contributed by atoms with van der Waals surface area (Å²) in [6.07, 6.45) is 0.928. The molecule has 0 unspecified atom stereocenters. The molecule has 1 atom stereocenters. The first kappa shape index (κ1) is 19.3. The molecule has 1 aromatic rings. The van der Waals surface area contributed by atoms with Crippen LogP contribution in [0.5, 0.6) is 0 Å². The quantitative estimate of drug-likeness (QED) is 0.754. The minimum absolute atomic E-state index is 0.0224. The van der Waals surface area contributed by atoms with E-state index >= 15 is 0 Å². The van der Waals surface area contributed by atoms with E-state index < -0.39 is 0 Å². The van der Waals surface area contributed by atoms with E-state index in [0.29, 0.717) is 19.1 Å². The van der Waals surface area contributed by atoms with Crippen molar-refractivity contribution in [3.63, 3.8) is 0 Å². The molecule has 26 heavy (non-hydrogen) atoms. The van der Waals surface area contributed by atoms with Gasteiger partial charge in [0.15, 0.2) is 0 Å². The van der Waals surface area contributed by atoms with Crippen molar-refractivity contribution in [2.45, 2.75) is 32.6 Å². The lowest BCUT2D eigenvalue weighted by Gasteiger charge is -2.37. The zero-order valence-electron chi connectivity index (χ0n) is 16.3. The van der Waals surface area contributed by atoms with Gasteiger partial charge in [-0.15, -0.1) is 0 Å².